The van der Waals surface area contributed by atoms with Crippen molar-refractivity contribution in [3.8, 4) is 22.5 Å². The molecule has 400 valence electrons. The van der Waals surface area contributed by atoms with Crippen molar-refractivity contribution in [3.63, 3.8) is 0 Å². The zero-order valence-electron chi connectivity index (χ0n) is 43.9. The first-order valence-electron chi connectivity index (χ1n) is 27.2. The summed E-state index contributed by atoms with van der Waals surface area (Å²) in [4.78, 5) is 61.5. The molecule has 6 aliphatic heterocycles. The van der Waals surface area contributed by atoms with Crippen molar-refractivity contribution in [2.75, 3.05) is 104 Å². The Labute approximate surface area is 438 Å². The van der Waals surface area contributed by atoms with E-state index in [1.54, 1.807) is 7.11 Å². The molecule has 74 heavy (non-hydrogen) atoms. The van der Waals surface area contributed by atoms with Gasteiger partial charge in [0.1, 0.15) is 23.2 Å². The number of anilines is 1. The Hall–Kier alpha value is -4.57. The third-order valence-electron chi connectivity index (χ3n) is 16.3. The average Bonchev–Trinajstić information content (AvgIpc) is 4.09. The van der Waals surface area contributed by atoms with Crippen LogP contribution in [-0.4, -0.2) is 177 Å². The van der Waals surface area contributed by atoms with Gasteiger partial charge in [-0.15, -0.1) is 11.3 Å². The second-order valence-electron chi connectivity index (χ2n) is 22.3. The maximum atomic E-state index is 15.1. The van der Waals surface area contributed by atoms with Gasteiger partial charge in [0.05, 0.1) is 80.3 Å². The number of rotatable bonds is 12. The van der Waals surface area contributed by atoms with Gasteiger partial charge in [0.2, 0.25) is 5.91 Å². The fourth-order valence-electron chi connectivity index (χ4n) is 11.8. The minimum Gasteiger partial charge on any atom is -0.464 e. The first kappa shape index (κ1) is 51.5. The first-order chi connectivity index (χ1) is 35.9. The van der Waals surface area contributed by atoms with Crippen molar-refractivity contribution in [2.45, 2.75) is 122 Å². The van der Waals surface area contributed by atoms with E-state index in [2.05, 4.69) is 80.4 Å². The Morgan fingerprint density at radius 1 is 0.973 bits per heavy atom. The molecule has 2 amide bonds. The fourth-order valence-corrected chi connectivity index (χ4v) is 12.8. The molecule has 9 heterocycles. The molecule has 6 atom stereocenters. The molecule has 0 radical (unpaired) electrons. The van der Waals surface area contributed by atoms with Crippen LogP contribution in [0.15, 0.2) is 35.8 Å². The van der Waals surface area contributed by atoms with Gasteiger partial charge >= 0.3 is 5.97 Å². The largest absolute Gasteiger partial charge is 0.464 e. The molecule has 1 aliphatic carbocycles. The number of hydrogen-bond acceptors (Lipinski definition) is 16. The zero-order chi connectivity index (χ0) is 51.1. The van der Waals surface area contributed by atoms with E-state index in [0.717, 1.165) is 95.4 Å². The van der Waals surface area contributed by atoms with Gasteiger partial charge in [-0.3, -0.25) is 34.2 Å². The molecule has 6 bridgehead atoms. The number of esters is 1. The summed E-state index contributed by atoms with van der Waals surface area (Å²) < 4.78 is 38.8. The number of cyclic esters (lactones) is 1. The lowest BCUT2D eigenvalue weighted by atomic mass is 9.84. The van der Waals surface area contributed by atoms with Gasteiger partial charge in [0.15, 0.2) is 0 Å². The van der Waals surface area contributed by atoms with Gasteiger partial charge in [0, 0.05) is 117 Å². The molecule has 1 aromatic carbocycles. The van der Waals surface area contributed by atoms with E-state index in [4.69, 9.17) is 38.4 Å². The fraction of sp³-hybridized carbons (Fsp3) is 0.655. The second-order valence-corrected chi connectivity index (χ2v) is 23.2. The minimum atomic E-state index is -1.06. The Morgan fingerprint density at radius 2 is 1.76 bits per heavy atom. The molecule has 3 aromatic heterocycles. The summed E-state index contributed by atoms with van der Waals surface area (Å²) in [5.41, 5.74) is 10.5. The Kier molecular flexibility index (Phi) is 15.4. The number of carbonyl (C=O) groups is 3. The lowest BCUT2D eigenvalue weighted by molar-refractivity contribution is -0.163. The van der Waals surface area contributed by atoms with Crippen LogP contribution in [0, 0.1) is 11.3 Å². The predicted octanol–water partition coefficient (Wildman–Crippen LogP) is 5.53. The lowest BCUT2D eigenvalue weighted by Gasteiger charge is -2.42. The summed E-state index contributed by atoms with van der Waals surface area (Å²) in [6.07, 6.45) is 7.10. The van der Waals surface area contributed by atoms with Crippen LogP contribution in [0.2, 0.25) is 0 Å². The van der Waals surface area contributed by atoms with E-state index in [-0.39, 0.29) is 36.5 Å². The number of hydrogen-bond donors (Lipinski definition) is 2. The number of nitrogens with one attached hydrogen (secondary N) is 2. The number of hydrazine groups is 1. The van der Waals surface area contributed by atoms with E-state index < -0.39 is 35.6 Å². The van der Waals surface area contributed by atoms with Crippen LogP contribution >= 0.6 is 11.3 Å². The number of pyridine rings is 1. The highest BCUT2D eigenvalue weighted by atomic mass is 32.1. The molecule has 4 aromatic rings. The summed E-state index contributed by atoms with van der Waals surface area (Å²) in [5.74, 6) is -1.11. The Balaban J connectivity index is 1.06. The van der Waals surface area contributed by atoms with Crippen molar-refractivity contribution in [3.05, 3.63) is 52.1 Å². The van der Waals surface area contributed by atoms with Gasteiger partial charge in [-0.1, -0.05) is 26.8 Å². The predicted molar refractivity (Wildman–Crippen MR) is 281 cm³/mol. The molecule has 19 heteroatoms. The summed E-state index contributed by atoms with van der Waals surface area (Å²) in [6.45, 7) is 17.7. The van der Waals surface area contributed by atoms with Crippen LogP contribution in [0.3, 0.4) is 0 Å². The number of carbonyl (C=O) groups excluding carboxylic acids is 3. The smallest absolute Gasteiger partial charge is 0.324 e. The van der Waals surface area contributed by atoms with Gasteiger partial charge in [-0.2, -0.15) is 0 Å². The Bertz CT molecular complexity index is 2650. The molecule has 5 saturated heterocycles. The number of fused-ring (bicyclic) bond motifs is 6. The molecule has 11 rings (SSSR count). The quantitative estimate of drug-likeness (QED) is 0.170. The number of methoxy groups -OCH3 is 1. The number of benzene rings is 1. The van der Waals surface area contributed by atoms with Crippen molar-refractivity contribution in [1.29, 1.82) is 0 Å². The maximum Gasteiger partial charge on any atom is 0.324 e. The average molecular weight is 1040 g/mol. The highest BCUT2D eigenvalue weighted by Gasteiger charge is 2.45. The second kappa shape index (κ2) is 22.2. The molecule has 6 fully saturated rings. The lowest BCUT2D eigenvalue weighted by Crippen LogP contribution is -2.64. The first-order valence-corrected chi connectivity index (χ1v) is 28.1. The number of morpholine rings is 1. The molecule has 7 aliphatic rings. The van der Waals surface area contributed by atoms with E-state index in [9.17, 15) is 9.59 Å². The summed E-state index contributed by atoms with van der Waals surface area (Å²) in [5, 5.41) is 8.49. The van der Waals surface area contributed by atoms with Crippen molar-refractivity contribution in [1.82, 2.24) is 40.1 Å². The van der Waals surface area contributed by atoms with E-state index in [1.807, 2.05) is 13.1 Å². The van der Waals surface area contributed by atoms with Crippen LogP contribution in [0.4, 0.5) is 5.69 Å². The van der Waals surface area contributed by atoms with Gasteiger partial charge < -0.3 is 43.2 Å². The number of piperazine rings is 1. The van der Waals surface area contributed by atoms with Crippen LogP contribution in [0.25, 0.3) is 33.4 Å². The summed E-state index contributed by atoms with van der Waals surface area (Å²) >= 11 is 1.49. The van der Waals surface area contributed by atoms with Crippen LogP contribution in [0.5, 0.6) is 0 Å². The van der Waals surface area contributed by atoms with Crippen molar-refractivity contribution >= 4 is 45.7 Å². The van der Waals surface area contributed by atoms with Gasteiger partial charge in [0.25, 0.3) is 5.91 Å². The molecule has 18 nitrogen and oxygen atoms in total. The van der Waals surface area contributed by atoms with E-state index >= 15 is 4.79 Å². The minimum absolute atomic E-state index is 0.00627. The van der Waals surface area contributed by atoms with Crippen molar-refractivity contribution in [2.24, 2.45) is 11.3 Å². The van der Waals surface area contributed by atoms with Crippen molar-refractivity contribution < 1.29 is 42.8 Å². The molecule has 1 saturated carbocycles. The molecular weight excluding hydrogens is 963 g/mol. The number of nitrogens with zero attached hydrogens (tertiary/aromatic N) is 7. The highest BCUT2D eigenvalue weighted by molar-refractivity contribution is 7.10. The zero-order valence-corrected chi connectivity index (χ0v) is 44.7. The topological polar surface area (TPSA) is 174 Å². The van der Waals surface area contributed by atoms with E-state index in [1.165, 1.54) is 29.2 Å². The Morgan fingerprint density at radius 3 is 2.49 bits per heavy atom. The maximum absolute atomic E-state index is 15.1. The van der Waals surface area contributed by atoms with Crippen LogP contribution < -0.4 is 15.6 Å². The third kappa shape index (κ3) is 10.9. The van der Waals surface area contributed by atoms with Crippen LogP contribution in [0.1, 0.15) is 94.6 Å². The molecular formula is C55H75N9O9S. The molecule has 0 unspecified atom stereocenters. The number of aromatic nitrogens is 3. The van der Waals surface area contributed by atoms with Gasteiger partial charge in [-0.25, -0.2) is 10.4 Å². The SMILES string of the molecule is CO[C@@H](C)c1ncc(N2CCN(C3CC3)CC2)cc1-c1c2c3cc(ccc3n1CCOC1CCOCC1)-c1csc(n1)[C@@H](N1CCOCC1)[C@H](NC(=O)[C@@H]1OC[C@H]1C)C(=O)N1CCC[C@H](N1)C(=O)OCC(C)(C)C2. The normalized spacial score (nSPS) is 27.1. The molecule has 2 N–H and O–H groups in total. The van der Waals surface area contributed by atoms with E-state index in [0.29, 0.717) is 90.1 Å². The van der Waals surface area contributed by atoms with Gasteiger partial charge in [-0.05, 0) is 75.6 Å². The monoisotopic (exact) mass is 1040 g/mol. The number of thiazole rings is 1. The molecule has 0 spiro atoms. The standard InChI is InChI=1S/C55H75N9O9S/c1-34-31-72-50(34)51(65)58-47-49(62-19-24-70-25-20-62)52-57-44(32-74-52)36-8-11-45-40(27-36)42(29-55(3,4)33-73-54(67)43-7-6-14-64(59-43)53(47)66)48(63(45)21-26-71-39-12-22-69-23-13-39)41-28-38(30-56-46(41)35(2)68-5)61-17-15-60(16-18-61)37-9-10-37/h8,11,27-28,30,32,34-35,37,39,43,47,49-50,59H,6-7,9-10,12-26,29,31,33H2,1-5H3,(H,58,65)/t34-,35+,43+,47+,49+,50-/m1/s1. The highest BCUT2D eigenvalue weighted by Crippen LogP contribution is 2.44. The number of ether oxygens (including phenoxy) is 6. The summed E-state index contributed by atoms with van der Waals surface area (Å²) in [6, 6.07) is 7.19. The third-order valence-corrected chi connectivity index (χ3v) is 17.3. The van der Waals surface area contributed by atoms with Crippen LogP contribution in [-0.2, 0) is 55.8 Å². The summed E-state index contributed by atoms with van der Waals surface area (Å²) in [7, 11) is 1.74. The number of amides is 2.